The minimum atomic E-state index is -0.432. The highest BCUT2D eigenvalue weighted by Crippen LogP contribution is 2.30. The summed E-state index contributed by atoms with van der Waals surface area (Å²) in [6.07, 6.45) is 4.13. The molecule has 4 rings (SSSR count). The highest BCUT2D eigenvalue weighted by atomic mass is 19.1. The van der Waals surface area contributed by atoms with Gasteiger partial charge in [-0.25, -0.2) is 9.37 Å². The number of aromatic nitrogens is 2. The largest absolute Gasteiger partial charge is 0.354 e. The van der Waals surface area contributed by atoms with Crippen LogP contribution in [0.3, 0.4) is 0 Å². The molecule has 1 aliphatic heterocycles. The molecule has 31 heavy (non-hydrogen) atoms. The first kappa shape index (κ1) is 20.7. The summed E-state index contributed by atoms with van der Waals surface area (Å²) >= 11 is 0. The summed E-state index contributed by atoms with van der Waals surface area (Å²) in [4.78, 5) is 34.9. The number of halogens is 1. The number of amides is 2. The Morgan fingerprint density at radius 3 is 2.58 bits per heavy atom. The molecular weight excluding hydrogens is 395 g/mol. The van der Waals surface area contributed by atoms with E-state index in [0.717, 1.165) is 40.4 Å². The van der Waals surface area contributed by atoms with Crippen LogP contribution in [0.4, 0.5) is 10.2 Å². The summed E-state index contributed by atoms with van der Waals surface area (Å²) in [7, 11) is 1.57. The summed E-state index contributed by atoms with van der Waals surface area (Å²) in [5, 5.41) is 2.56. The molecule has 158 valence electrons. The third kappa shape index (κ3) is 3.91. The van der Waals surface area contributed by atoms with Crippen LogP contribution in [0.15, 0.2) is 42.7 Å². The number of nitrogens with one attached hydrogen (secondary N) is 1. The van der Waals surface area contributed by atoms with Crippen molar-refractivity contribution in [2.75, 3.05) is 18.5 Å². The van der Waals surface area contributed by atoms with Gasteiger partial charge >= 0.3 is 0 Å². The standard InChI is InChI=1S/C24H23FN4O2/c1-14-15(2)19-8-9-29(22-7-5-18(25)13-28-22)24(31)20(19)11-17(14)10-16-4-6-21(27-12-16)23(30)26-3/h4-7,11-13H,8-10H2,1-3H3,(H,26,30). The van der Waals surface area contributed by atoms with E-state index in [2.05, 4.69) is 22.2 Å². The van der Waals surface area contributed by atoms with Crippen molar-refractivity contribution < 1.29 is 14.0 Å². The average molecular weight is 418 g/mol. The van der Waals surface area contributed by atoms with E-state index < -0.39 is 5.82 Å². The molecule has 7 heteroatoms. The number of carbonyl (C=O) groups is 2. The summed E-state index contributed by atoms with van der Waals surface area (Å²) < 4.78 is 13.2. The minimum absolute atomic E-state index is 0.127. The van der Waals surface area contributed by atoms with Gasteiger partial charge in [0.2, 0.25) is 0 Å². The van der Waals surface area contributed by atoms with Crippen molar-refractivity contribution in [1.82, 2.24) is 15.3 Å². The van der Waals surface area contributed by atoms with Crippen LogP contribution < -0.4 is 10.2 Å². The molecule has 3 aromatic rings. The van der Waals surface area contributed by atoms with Crippen molar-refractivity contribution in [3.63, 3.8) is 0 Å². The van der Waals surface area contributed by atoms with E-state index in [0.29, 0.717) is 30.0 Å². The molecule has 0 unspecified atom stereocenters. The zero-order valence-electron chi connectivity index (χ0n) is 17.7. The number of benzene rings is 1. The molecule has 1 N–H and O–H groups in total. The number of pyridine rings is 2. The van der Waals surface area contributed by atoms with Crippen molar-refractivity contribution in [3.8, 4) is 0 Å². The Hall–Kier alpha value is -3.61. The summed E-state index contributed by atoms with van der Waals surface area (Å²) in [5.74, 6) is -0.338. The maximum Gasteiger partial charge on any atom is 0.269 e. The third-order valence-corrected chi connectivity index (χ3v) is 5.87. The predicted octanol–water partition coefficient (Wildman–Crippen LogP) is 3.39. The van der Waals surface area contributed by atoms with Gasteiger partial charge in [-0.3, -0.25) is 19.5 Å². The second-order valence-corrected chi connectivity index (χ2v) is 7.66. The van der Waals surface area contributed by atoms with Gasteiger partial charge in [-0.05, 0) is 78.8 Å². The second kappa shape index (κ2) is 8.26. The number of rotatable bonds is 4. The van der Waals surface area contributed by atoms with Gasteiger partial charge in [0.15, 0.2) is 0 Å². The van der Waals surface area contributed by atoms with Crippen molar-refractivity contribution in [1.29, 1.82) is 0 Å². The smallest absolute Gasteiger partial charge is 0.269 e. The Balaban J connectivity index is 1.66. The molecule has 2 aromatic heterocycles. The van der Waals surface area contributed by atoms with Crippen LogP contribution in [0.25, 0.3) is 0 Å². The fraction of sp³-hybridized carbons (Fsp3) is 0.250. The van der Waals surface area contributed by atoms with Crippen molar-refractivity contribution in [2.24, 2.45) is 0 Å². The average Bonchev–Trinajstić information content (AvgIpc) is 2.78. The first-order valence-corrected chi connectivity index (χ1v) is 10.1. The highest BCUT2D eigenvalue weighted by Gasteiger charge is 2.29. The fourth-order valence-corrected chi connectivity index (χ4v) is 3.96. The molecule has 1 aromatic carbocycles. The van der Waals surface area contributed by atoms with Gasteiger partial charge in [0, 0.05) is 25.4 Å². The zero-order valence-corrected chi connectivity index (χ0v) is 17.7. The molecule has 0 saturated carbocycles. The van der Waals surface area contributed by atoms with Gasteiger partial charge in [0.1, 0.15) is 17.3 Å². The molecule has 0 radical (unpaired) electrons. The van der Waals surface area contributed by atoms with Crippen LogP contribution in [-0.2, 0) is 12.8 Å². The van der Waals surface area contributed by atoms with Crippen molar-refractivity contribution in [2.45, 2.75) is 26.7 Å². The lowest BCUT2D eigenvalue weighted by Crippen LogP contribution is -2.38. The lowest BCUT2D eigenvalue weighted by molar-refractivity contribution is 0.0955. The second-order valence-electron chi connectivity index (χ2n) is 7.66. The third-order valence-electron chi connectivity index (χ3n) is 5.87. The van der Waals surface area contributed by atoms with E-state index >= 15 is 0 Å². The van der Waals surface area contributed by atoms with E-state index in [1.807, 2.05) is 19.1 Å². The predicted molar refractivity (Wildman–Crippen MR) is 116 cm³/mol. The fourth-order valence-electron chi connectivity index (χ4n) is 3.96. The Labute approximate surface area is 180 Å². The molecule has 2 amide bonds. The van der Waals surface area contributed by atoms with Crippen LogP contribution in [0.2, 0.25) is 0 Å². The van der Waals surface area contributed by atoms with Crippen LogP contribution in [0, 0.1) is 19.7 Å². The summed E-state index contributed by atoms with van der Waals surface area (Å²) in [6, 6.07) is 8.36. The molecule has 1 aliphatic rings. The summed E-state index contributed by atoms with van der Waals surface area (Å²) in [6.45, 7) is 4.62. The van der Waals surface area contributed by atoms with Gasteiger partial charge in [-0.15, -0.1) is 0 Å². The molecule has 0 aliphatic carbocycles. The molecule has 0 fully saturated rings. The molecule has 0 atom stereocenters. The Morgan fingerprint density at radius 1 is 1.13 bits per heavy atom. The van der Waals surface area contributed by atoms with Crippen LogP contribution in [0.1, 0.15) is 48.7 Å². The van der Waals surface area contributed by atoms with Crippen molar-refractivity contribution in [3.05, 3.63) is 87.6 Å². The quantitative estimate of drug-likeness (QED) is 0.705. The normalized spacial score (nSPS) is 13.2. The van der Waals surface area contributed by atoms with Crippen LogP contribution in [0.5, 0.6) is 0 Å². The van der Waals surface area contributed by atoms with Gasteiger partial charge < -0.3 is 5.32 Å². The van der Waals surface area contributed by atoms with E-state index in [9.17, 15) is 14.0 Å². The molecule has 6 nitrogen and oxygen atoms in total. The lowest BCUT2D eigenvalue weighted by atomic mass is 9.86. The first-order chi connectivity index (χ1) is 14.9. The van der Waals surface area contributed by atoms with Gasteiger partial charge in [0.05, 0.1) is 6.20 Å². The van der Waals surface area contributed by atoms with Gasteiger partial charge in [0.25, 0.3) is 11.8 Å². The van der Waals surface area contributed by atoms with E-state index in [-0.39, 0.29) is 11.8 Å². The number of carbonyl (C=O) groups excluding carboxylic acids is 2. The van der Waals surface area contributed by atoms with Gasteiger partial charge in [-0.2, -0.15) is 0 Å². The minimum Gasteiger partial charge on any atom is -0.354 e. The Morgan fingerprint density at radius 2 is 1.94 bits per heavy atom. The topological polar surface area (TPSA) is 75.2 Å². The number of hydrogen-bond donors (Lipinski definition) is 1. The van der Waals surface area contributed by atoms with E-state index in [1.54, 1.807) is 24.2 Å². The van der Waals surface area contributed by atoms with E-state index in [4.69, 9.17) is 0 Å². The molecular formula is C24H23FN4O2. The van der Waals surface area contributed by atoms with Crippen molar-refractivity contribution >= 4 is 17.6 Å². The first-order valence-electron chi connectivity index (χ1n) is 10.1. The molecule has 3 heterocycles. The molecule has 0 saturated heterocycles. The molecule has 0 bridgehead atoms. The lowest BCUT2D eigenvalue weighted by Gasteiger charge is -2.30. The Kier molecular flexibility index (Phi) is 5.50. The van der Waals surface area contributed by atoms with Crippen LogP contribution >= 0.6 is 0 Å². The number of fused-ring (bicyclic) bond motifs is 1. The monoisotopic (exact) mass is 418 g/mol. The number of nitrogens with zero attached hydrogens (tertiary/aromatic N) is 3. The molecule has 0 spiro atoms. The SMILES string of the molecule is CNC(=O)c1ccc(Cc2cc3c(c(C)c2C)CCN(c2ccc(F)cn2)C3=O)cn1. The van der Waals surface area contributed by atoms with Crippen LogP contribution in [-0.4, -0.2) is 35.4 Å². The number of anilines is 1. The van der Waals surface area contributed by atoms with E-state index in [1.165, 1.54) is 12.1 Å². The maximum atomic E-state index is 13.3. The maximum absolute atomic E-state index is 13.3. The Bertz CT molecular complexity index is 1160. The zero-order chi connectivity index (χ0) is 22.1. The number of hydrogen-bond acceptors (Lipinski definition) is 4. The van der Waals surface area contributed by atoms with Gasteiger partial charge in [-0.1, -0.05) is 6.07 Å². The summed E-state index contributed by atoms with van der Waals surface area (Å²) in [5.41, 5.74) is 6.33. The highest BCUT2D eigenvalue weighted by molar-refractivity contribution is 6.08.